The number of carbonyl (C=O) groups is 1. The van der Waals surface area contributed by atoms with Crippen molar-refractivity contribution in [1.82, 2.24) is 23.9 Å². The summed E-state index contributed by atoms with van der Waals surface area (Å²) in [6.07, 6.45) is 2.79. The summed E-state index contributed by atoms with van der Waals surface area (Å²) in [7, 11) is -3.86. The third-order valence-electron chi connectivity index (χ3n) is 5.43. The number of aliphatic hydroxyl groups excluding tert-OH is 1. The van der Waals surface area contributed by atoms with E-state index < -0.39 is 15.9 Å². The first-order chi connectivity index (χ1) is 14.4. The van der Waals surface area contributed by atoms with Gasteiger partial charge in [-0.3, -0.25) is 9.48 Å². The molecule has 10 heteroatoms. The Labute approximate surface area is 174 Å². The number of hydrogen-bond acceptors (Lipinski definition) is 6. The summed E-state index contributed by atoms with van der Waals surface area (Å²) in [5.41, 5.74) is 2.51. The van der Waals surface area contributed by atoms with Crippen molar-refractivity contribution in [2.75, 3.05) is 6.61 Å². The number of aryl methyl sites for hydroxylation is 1. The third-order valence-corrected chi connectivity index (χ3v) is 7.07. The number of benzene rings is 1. The Bertz CT molecular complexity index is 1160. The van der Waals surface area contributed by atoms with E-state index in [1.54, 1.807) is 28.6 Å². The Morgan fingerprint density at radius 2 is 1.97 bits per heavy atom. The first-order valence-corrected chi connectivity index (χ1v) is 11.1. The molecule has 1 aliphatic heterocycles. The van der Waals surface area contributed by atoms with Crippen LogP contribution in [-0.4, -0.2) is 49.9 Å². The summed E-state index contributed by atoms with van der Waals surface area (Å²) in [5.74, 6) is -0.871. The van der Waals surface area contributed by atoms with Gasteiger partial charge in [-0.25, -0.2) is 0 Å². The molecule has 4 rings (SSSR count). The molecule has 3 aromatic rings. The number of fused-ring (bicyclic) bond motifs is 1. The van der Waals surface area contributed by atoms with Crippen LogP contribution in [0, 0.1) is 6.92 Å². The van der Waals surface area contributed by atoms with E-state index in [0.717, 1.165) is 9.65 Å². The fourth-order valence-corrected chi connectivity index (χ4v) is 5.07. The molecule has 2 aromatic heterocycles. The van der Waals surface area contributed by atoms with E-state index in [1.165, 1.54) is 12.4 Å². The van der Waals surface area contributed by atoms with Gasteiger partial charge in [-0.1, -0.05) is 30.3 Å². The normalized spacial score (nSPS) is 14.7. The van der Waals surface area contributed by atoms with Crippen LogP contribution in [-0.2, 0) is 34.5 Å². The van der Waals surface area contributed by atoms with Crippen molar-refractivity contribution >= 4 is 15.9 Å². The standard InChI is InChI=1S/C20H23N5O4S/c1-3-24-14(2)19(9-21-24)30(28,29)25-11-16-10-23(12-18(16)22-25)20(27)17(13-26)15-7-5-4-6-8-15/h4-9,11,17,26H,3,10,12-13H2,1-2H3. The molecular formula is C20H23N5O4S. The number of nitrogens with zero attached hydrogens (tertiary/aromatic N) is 5. The zero-order chi connectivity index (χ0) is 21.5. The molecule has 1 amide bonds. The van der Waals surface area contributed by atoms with Gasteiger partial charge in [0, 0.05) is 24.8 Å². The molecule has 0 fully saturated rings. The topological polar surface area (TPSA) is 110 Å². The van der Waals surface area contributed by atoms with Crippen molar-refractivity contribution < 1.29 is 18.3 Å². The van der Waals surface area contributed by atoms with Gasteiger partial charge in [0.15, 0.2) is 0 Å². The molecule has 0 saturated carbocycles. The van der Waals surface area contributed by atoms with Crippen molar-refractivity contribution in [3.8, 4) is 0 Å². The Morgan fingerprint density at radius 1 is 1.23 bits per heavy atom. The number of amides is 1. The highest BCUT2D eigenvalue weighted by Gasteiger charge is 2.33. The van der Waals surface area contributed by atoms with Crippen LogP contribution < -0.4 is 0 Å². The Hall–Kier alpha value is -2.98. The van der Waals surface area contributed by atoms with Gasteiger partial charge in [0.25, 0.3) is 10.0 Å². The molecule has 158 valence electrons. The smallest absolute Gasteiger partial charge is 0.286 e. The van der Waals surface area contributed by atoms with Crippen molar-refractivity contribution in [3.63, 3.8) is 0 Å². The third kappa shape index (κ3) is 3.31. The first-order valence-electron chi connectivity index (χ1n) is 9.66. The van der Waals surface area contributed by atoms with Crippen LogP contribution in [0.5, 0.6) is 0 Å². The second-order valence-corrected chi connectivity index (χ2v) is 8.99. The Morgan fingerprint density at radius 3 is 2.57 bits per heavy atom. The molecule has 1 unspecified atom stereocenters. The van der Waals surface area contributed by atoms with Crippen LogP contribution in [0.25, 0.3) is 0 Å². The van der Waals surface area contributed by atoms with Crippen LogP contribution in [0.1, 0.15) is 35.4 Å². The highest BCUT2D eigenvalue weighted by atomic mass is 32.2. The maximum atomic E-state index is 13.0. The highest BCUT2D eigenvalue weighted by molar-refractivity contribution is 7.89. The van der Waals surface area contributed by atoms with Gasteiger partial charge in [0.2, 0.25) is 5.91 Å². The van der Waals surface area contributed by atoms with Gasteiger partial charge in [-0.05, 0) is 19.4 Å². The van der Waals surface area contributed by atoms with E-state index >= 15 is 0 Å². The predicted octanol–water partition coefficient (Wildman–Crippen LogP) is 1.26. The highest BCUT2D eigenvalue weighted by Crippen LogP contribution is 2.28. The van der Waals surface area contributed by atoms with Crippen molar-refractivity contribution in [3.05, 3.63) is 65.2 Å². The van der Waals surface area contributed by atoms with Crippen molar-refractivity contribution in [2.45, 2.75) is 44.3 Å². The minimum atomic E-state index is -3.86. The Kier molecular flexibility index (Phi) is 5.20. The van der Waals surface area contributed by atoms with Crippen molar-refractivity contribution in [1.29, 1.82) is 0 Å². The van der Waals surface area contributed by atoms with Crippen LogP contribution in [0.2, 0.25) is 0 Å². The SMILES string of the molecule is CCn1ncc(S(=O)(=O)n2cc3c(n2)CN(C(=O)C(CO)c2ccccc2)C3)c1C. The molecule has 0 aliphatic carbocycles. The lowest BCUT2D eigenvalue weighted by Crippen LogP contribution is -2.33. The molecule has 30 heavy (non-hydrogen) atoms. The van der Waals surface area contributed by atoms with E-state index in [0.29, 0.717) is 23.5 Å². The minimum absolute atomic E-state index is 0.114. The molecule has 1 aliphatic rings. The van der Waals surface area contributed by atoms with E-state index in [4.69, 9.17) is 0 Å². The second-order valence-electron chi connectivity index (χ2n) is 7.23. The lowest BCUT2D eigenvalue weighted by molar-refractivity contribution is -0.134. The van der Waals surface area contributed by atoms with Gasteiger partial charge in [0.05, 0.1) is 36.7 Å². The molecule has 1 N–H and O–H groups in total. The zero-order valence-electron chi connectivity index (χ0n) is 16.8. The van der Waals surface area contributed by atoms with E-state index in [-0.39, 0.29) is 30.5 Å². The Balaban J connectivity index is 1.55. The van der Waals surface area contributed by atoms with E-state index in [9.17, 15) is 18.3 Å². The molecule has 0 bridgehead atoms. The fraction of sp³-hybridized carbons (Fsp3) is 0.350. The lowest BCUT2D eigenvalue weighted by Gasteiger charge is -2.22. The summed E-state index contributed by atoms with van der Waals surface area (Å²) >= 11 is 0. The maximum Gasteiger partial charge on any atom is 0.286 e. The first kappa shape index (κ1) is 20.3. The molecule has 9 nitrogen and oxygen atoms in total. The molecule has 0 radical (unpaired) electrons. The average molecular weight is 430 g/mol. The van der Waals surface area contributed by atoms with Gasteiger partial charge in [-0.2, -0.15) is 22.7 Å². The summed E-state index contributed by atoms with van der Waals surface area (Å²) < 4.78 is 28.5. The number of carbonyl (C=O) groups excluding carboxylic acids is 1. The molecular weight excluding hydrogens is 406 g/mol. The monoisotopic (exact) mass is 429 g/mol. The number of aliphatic hydroxyl groups is 1. The van der Waals surface area contributed by atoms with Crippen LogP contribution in [0.4, 0.5) is 0 Å². The lowest BCUT2D eigenvalue weighted by atomic mass is 9.98. The van der Waals surface area contributed by atoms with Crippen LogP contribution in [0.15, 0.2) is 47.6 Å². The number of rotatable bonds is 6. The quantitative estimate of drug-likeness (QED) is 0.632. The minimum Gasteiger partial charge on any atom is -0.395 e. The van der Waals surface area contributed by atoms with Crippen LogP contribution in [0.3, 0.4) is 0 Å². The van der Waals surface area contributed by atoms with Gasteiger partial charge in [-0.15, -0.1) is 0 Å². The van der Waals surface area contributed by atoms with Gasteiger partial charge >= 0.3 is 0 Å². The summed E-state index contributed by atoms with van der Waals surface area (Å²) in [6, 6.07) is 9.10. The molecule has 1 aromatic carbocycles. The largest absolute Gasteiger partial charge is 0.395 e. The maximum absolute atomic E-state index is 13.0. The van der Waals surface area contributed by atoms with Gasteiger partial charge < -0.3 is 10.0 Å². The predicted molar refractivity (Wildman–Crippen MR) is 108 cm³/mol. The number of hydrogen-bond donors (Lipinski definition) is 1. The zero-order valence-corrected chi connectivity index (χ0v) is 17.6. The van der Waals surface area contributed by atoms with E-state index in [2.05, 4.69) is 10.2 Å². The summed E-state index contributed by atoms with van der Waals surface area (Å²) in [4.78, 5) is 14.6. The molecule has 0 spiro atoms. The summed E-state index contributed by atoms with van der Waals surface area (Å²) in [6.45, 7) is 4.32. The molecule has 1 atom stereocenters. The molecule has 0 saturated heterocycles. The van der Waals surface area contributed by atoms with Crippen LogP contribution >= 0.6 is 0 Å². The molecule has 3 heterocycles. The number of aromatic nitrogens is 4. The van der Waals surface area contributed by atoms with E-state index in [1.807, 2.05) is 25.1 Å². The van der Waals surface area contributed by atoms with Gasteiger partial charge in [0.1, 0.15) is 4.90 Å². The second kappa shape index (κ2) is 7.69. The fourth-order valence-electron chi connectivity index (χ4n) is 3.74. The average Bonchev–Trinajstić information content (AvgIpc) is 3.42. The van der Waals surface area contributed by atoms with Crippen molar-refractivity contribution in [2.24, 2.45) is 0 Å². The summed E-state index contributed by atoms with van der Waals surface area (Å²) in [5, 5.41) is 18.1.